The molecule has 1 saturated heterocycles. The highest BCUT2D eigenvalue weighted by Crippen LogP contribution is 2.20. The molecule has 3 amide bonds. The molecule has 1 aliphatic heterocycles. The van der Waals surface area contributed by atoms with E-state index in [2.05, 4.69) is 15.6 Å². The van der Waals surface area contributed by atoms with Gasteiger partial charge in [-0.1, -0.05) is 48.5 Å². The van der Waals surface area contributed by atoms with E-state index >= 15 is 0 Å². The van der Waals surface area contributed by atoms with Crippen LogP contribution in [0.25, 0.3) is 0 Å². The van der Waals surface area contributed by atoms with Crippen LogP contribution in [-0.2, 0) is 32.2 Å². The fraction of sp³-hybridized carbons (Fsp3) is 0.355. The number of benzene rings is 2. The Morgan fingerprint density at radius 3 is 2.25 bits per heavy atom. The van der Waals surface area contributed by atoms with E-state index < -0.39 is 47.3 Å². The van der Waals surface area contributed by atoms with E-state index in [0.717, 1.165) is 10.1 Å². The van der Waals surface area contributed by atoms with Crippen LogP contribution < -0.4 is 16.3 Å². The number of aromatic nitrogens is 2. The molecule has 0 spiro atoms. The minimum atomic E-state index is -0.783. The molecule has 1 aromatic heterocycles. The number of nitrogens with one attached hydrogen (secondary N) is 2. The second-order valence-corrected chi connectivity index (χ2v) is 11.2. The molecule has 0 saturated carbocycles. The molecule has 0 radical (unpaired) electrons. The third kappa shape index (κ3) is 9.41. The number of esters is 1. The summed E-state index contributed by atoms with van der Waals surface area (Å²) in [6, 6.07) is 18.4. The number of nitrogens with zero attached hydrogens (tertiary/aromatic N) is 3. The molecule has 0 aliphatic carbocycles. The van der Waals surface area contributed by atoms with Crippen molar-refractivity contribution in [2.45, 2.75) is 45.6 Å². The maximum absolute atomic E-state index is 13.2. The number of amides is 3. The first-order valence-corrected chi connectivity index (χ1v) is 14.0. The van der Waals surface area contributed by atoms with Crippen LogP contribution in [0.2, 0.25) is 0 Å². The third-order valence-corrected chi connectivity index (χ3v) is 6.56. The number of carbonyl (C=O) groups is 4. The molecule has 2 aromatic carbocycles. The summed E-state index contributed by atoms with van der Waals surface area (Å²) >= 11 is 0. The summed E-state index contributed by atoms with van der Waals surface area (Å²) in [5.41, 5.74) is -0.313. The Labute approximate surface area is 254 Å². The summed E-state index contributed by atoms with van der Waals surface area (Å²) in [5.74, 6) is -1.39. The molecule has 2 N–H and O–H groups in total. The topological polar surface area (TPSA) is 158 Å². The number of rotatable bonds is 9. The van der Waals surface area contributed by atoms with E-state index in [0.29, 0.717) is 5.56 Å². The fourth-order valence-corrected chi connectivity index (χ4v) is 4.43. The number of ether oxygens (including phenoxy) is 3. The van der Waals surface area contributed by atoms with Crippen molar-refractivity contribution in [1.82, 2.24) is 19.8 Å². The SMILES string of the molecule is CC(C)(C)OC(=O)N[C@H]1CN(C(=O)Cn2ccc(NC(=O)OCc3ccccc3)nc2=O)C[C@@H]1COC(=O)c1ccccc1. The molecular formula is C31H35N5O8. The predicted molar refractivity (Wildman–Crippen MR) is 159 cm³/mol. The van der Waals surface area contributed by atoms with E-state index in [4.69, 9.17) is 14.2 Å². The number of hydrogen-bond donors (Lipinski definition) is 2. The standard InChI is InChI=1S/C31H35N5O8/c1-31(2,3)44-30(41)32-24-17-36(16-23(24)20-42-27(38)22-12-8-5-9-13-22)26(37)18-35-15-14-25(33-28(35)39)34-29(40)43-19-21-10-6-4-7-11-21/h4-15,23-24H,16-20H2,1-3H3,(H,32,41)(H,33,34,39,40)/t23-,24+/m1/s1. The smallest absolute Gasteiger partial charge is 0.413 e. The van der Waals surface area contributed by atoms with Gasteiger partial charge in [0.2, 0.25) is 5.91 Å². The second kappa shape index (κ2) is 14.3. The van der Waals surface area contributed by atoms with Crippen LogP contribution in [-0.4, -0.2) is 69.9 Å². The summed E-state index contributed by atoms with van der Waals surface area (Å²) in [6.45, 7) is 5.13. The number of likely N-dealkylation sites (tertiary alicyclic amines) is 1. The number of anilines is 1. The highest BCUT2D eigenvalue weighted by atomic mass is 16.6. The van der Waals surface area contributed by atoms with Gasteiger partial charge in [0.15, 0.2) is 0 Å². The minimum Gasteiger partial charge on any atom is -0.462 e. The van der Waals surface area contributed by atoms with Gasteiger partial charge in [-0.15, -0.1) is 0 Å². The van der Waals surface area contributed by atoms with E-state index in [1.54, 1.807) is 63.2 Å². The molecule has 2 atom stereocenters. The Hall–Kier alpha value is -5.20. The van der Waals surface area contributed by atoms with Crippen LogP contribution in [0.5, 0.6) is 0 Å². The molecule has 0 unspecified atom stereocenters. The molecule has 44 heavy (non-hydrogen) atoms. The van der Waals surface area contributed by atoms with Gasteiger partial charge in [-0.3, -0.25) is 14.7 Å². The number of alkyl carbamates (subject to hydrolysis) is 1. The summed E-state index contributed by atoms with van der Waals surface area (Å²) in [6.07, 6.45) is -0.109. The Balaban J connectivity index is 1.36. The zero-order chi connectivity index (χ0) is 31.7. The monoisotopic (exact) mass is 605 g/mol. The highest BCUT2D eigenvalue weighted by Gasteiger charge is 2.38. The zero-order valence-electron chi connectivity index (χ0n) is 24.7. The second-order valence-electron chi connectivity index (χ2n) is 11.2. The first-order valence-electron chi connectivity index (χ1n) is 14.0. The molecule has 1 fully saturated rings. The van der Waals surface area contributed by atoms with Crippen molar-refractivity contribution in [3.05, 3.63) is 94.5 Å². The van der Waals surface area contributed by atoms with Gasteiger partial charge in [-0.05, 0) is 44.5 Å². The van der Waals surface area contributed by atoms with Crippen LogP contribution in [0.1, 0.15) is 36.7 Å². The maximum Gasteiger partial charge on any atom is 0.413 e. The zero-order valence-corrected chi connectivity index (χ0v) is 24.7. The normalized spacial score (nSPS) is 16.1. The molecule has 4 rings (SSSR count). The van der Waals surface area contributed by atoms with Crippen molar-refractivity contribution in [3.8, 4) is 0 Å². The molecule has 0 bridgehead atoms. The summed E-state index contributed by atoms with van der Waals surface area (Å²) < 4.78 is 17.1. The molecule has 2 heterocycles. The lowest BCUT2D eigenvalue weighted by Crippen LogP contribution is -2.44. The van der Waals surface area contributed by atoms with Crippen molar-refractivity contribution in [1.29, 1.82) is 0 Å². The molecular weight excluding hydrogens is 570 g/mol. The largest absolute Gasteiger partial charge is 0.462 e. The quantitative estimate of drug-likeness (QED) is 0.276. The van der Waals surface area contributed by atoms with Crippen molar-refractivity contribution in [2.75, 3.05) is 25.0 Å². The Bertz CT molecular complexity index is 1520. The lowest BCUT2D eigenvalue weighted by Gasteiger charge is -2.24. The molecule has 1 aliphatic rings. The third-order valence-electron chi connectivity index (χ3n) is 6.56. The van der Waals surface area contributed by atoms with Gasteiger partial charge >= 0.3 is 23.8 Å². The summed E-state index contributed by atoms with van der Waals surface area (Å²) in [4.78, 5) is 68.3. The molecule has 13 heteroatoms. The summed E-state index contributed by atoms with van der Waals surface area (Å²) in [5, 5.41) is 5.17. The van der Waals surface area contributed by atoms with Crippen LogP contribution in [0, 0.1) is 5.92 Å². The van der Waals surface area contributed by atoms with Gasteiger partial charge < -0.3 is 24.4 Å². The number of hydrogen-bond acceptors (Lipinski definition) is 9. The van der Waals surface area contributed by atoms with Gasteiger partial charge in [-0.2, -0.15) is 4.98 Å². The predicted octanol–water partition coefficient (Wildman–Crippen LogP) is 3.20. The summed E-state index contributed by atoms with van der Waals surface area (Å²) in [7, 11) is 0. The minimum absolute atomic E-state index is 0.0279. The van der Waals surface area contributed by atoms with Gasteiger partial charge in [0, 0.05) is 25.2 Å². The average molecular weight is 606 g/mol. The van der Waals surface area contributed by atoms with Crippen molar-refractivity contribution in [3.63, 3.8) is 0 Å². The van der Waals surface area contributed by atoms with Crippen molar-refractivity contribution >= 4 is 29.9 Å². The van der Waals surface area contributed by atoms with Crippen LogP contribution in [0.3, 0.4) is 0 Å². The Morgan fingerprint density at radius 2 is 1.59 bits per heavy atom. The van der Waals surface area contributed by atoms with Gasteiger partial charge in [0.25, 0.3) is 0 Å². The van der Waals surface area contributed by atoms with Crippen molar-refractivity contribution in [2.24, 2.45) is 5.92 Å². The molecule has 13 nitrogen and oxygen atoms in total. The lowest BCUT2D eigenvalue weighted by molar-refractivity contribution is -0.131. The van der Waals surface area contributed by atoms with Crippen LogP contribution in [0.4, 0.5) is 15.4 Å². The molecule has 232 valence electrons. The average Bonchev–Trinajstić information content (AvgIpc) is 3.38. The molecule has 3 aromatic rings. The first kappa shape index (κ1) is 31.7. The van der Waals surface area contributed by atoms with E-state index in [1.807, 2.05) is 18.2 Å². The van der Waals surface area contributed by atoms with Crippen molar-refractivity contribution < 1.29 is 33.4 Å². The van der Waals surface area contributed by atoms with E-state index in [1.165, 1.54) is 17.2 Å². The van der Waals surface area contributed by atoms with E-state index in [9.17, 15) is 24.0 Å². The van der Waals surface area contributed by atoms with Crippen LogP contribution in [0.15, 0.2) is 77.7 Å². The van der Waals surface area contributed by atoms with Gasteiger partial charge in [-0.25, -0.2) is 19.2 Å². The Morgan fingerprint density at radius 1 is 0.909 bits per heavy atom. The first-order chi connectivity index (χ1) is 21.0. The van der Waals surface area contributed by atoms with Crippen LogP contribution >= 0.6 is 0 Å². The van der Waals surface area contributed by atoms with Gasteiger partial charge in [0.1, 0.15) is 24.6 Å². The van der Waals surface area contributed by atoms with Gasteiger partial charge in [0.05, 0.1) is 18.2 Å². The van der Waals surface area contributed by atoms with E-state index in [-0.39, 0.29) is 38.7 Å². The fourth-order valence-electron chi connectivity index (χ4n) is 4.43. The maximum atomic E-state index is 13.2. The Kier molecular flexibility index (Phi) is 10.3. The lowest BCUT2D eigenvalue weighted by atomic mass is 10.1. The highest BCUT2D eigenvalue weighted by molar-refractivity contribution is 5.89. The number of carbonyl (C=O) groups excluding carboxylic acids is 4.